The summed E-state index contributed by atoms with van der Waals surface area (Å²) in [6.07, 6.45) is 5.50. The minimum Gasteiger partial charge on any atom is -0.441 e. The van der Waals surface area contributed by atoms with E-state index in [1.165, 1.54) is 0 Å². The van der Waals surface area contributed by atoms with Gasteiger partial charge in [-0.2, -0.15) is 0 Å². The van der Waals surface area contributed by atoms with Crippen molar-refractivity contribution in [3.63, 3.8) is 0 Å². The van der Waals surface area contributed by atoms with E-state index < -0.39 is 0 Å². The minimum absolute atomic E-state index is 0.173. The Morgan fingerprint density at radius 3 is 2.86 bits per heavy atom. The second kappa shape index (κ2) is 6.50. The number of para-hydroxylation sites is 2. The van der Waals surface area contributed by atoms with Gasteiger partial charge in [-0.05, 0) is 36.7 Å². The molecule has 21 heavy (non-hydrogen) atoms. The van der Waals surface area contributed by atoms with E-state index in [0.717, 1.165) is 41.9 Å². The first-order valence-corrected chi connectivity index (χ1v) is 7.34. The number of oxazole rings is 1. The molecule has 0 saturated carbocycles. The number of pyridine rings is 1. The molecule has 108 valence electrons. The van der Waals surface area contributed by atoms with Crippen molar-refractivity contribution in [2.45, 2.75) is 25.8 Å². The summed E-state index contributed by atoms with van der Waals surface area (Å²) >= 11 is 0. The lowest BCUT2D eigenvalue weighted by Gasteiger charge is -2.16. The summed E-state index contributed by atoms with van der Waals surface area (Å²) in [5.41, 5.74) is 2.91. The van der Waals surface area contributed by atoms with Crippen LogP contribution in [0.3, 0.4) is 0 Å². The summed E-state index contributed by atoms with van der Waals surface area (Å²) in [6, 6.07) is 12.1. The Labute approximate surface area is 124 Å². The van der Waals surface area contributed by atoms with Crippen LogP contribution < -0.4 is 5.32 Å². The summed E-state index contributed by atoms with van der Waals surface area (Å²) in [4.78, 5) is 8.77. The highest BCUT2D eigenvalue weighted by atomic mass is 16.3. The fourth-order valence-corrected chi connectivity index (χ4v) is 2.39. The average molecular weight is 281 g/mol. The number of nitrogens with one attached hydrogen (secondary N) is 1. The van der Waals surface area contributed by atoms with E-state index in [0.29, 0.717) is 0 Å². The molecule has 4 heteroatoms. The molecule has 1 unspecified atom stereocenters. The van der Waals surface area contributed by atoms with Crippen molar-refractivity contribution >= 4 is 11.1 Å². The smallest absolute Gasteiger partial charge is 0.197 e. The van der Waals surface area contributed by atoms with Gasteiger partial charge in [0.15, 0.2) is 11.5 Å². The van der Waals surface area contributed by atoms with Crippen molar-refractivity contribution in [2.75, 3.05) is 6.54 Å². The monoisotopic (exact) mass is 281 g/mol. The van der Waals surface area contributed by atoms with Crippen LogP contribution in [0.4, 0.5) is 0 Å². The van der Waals surface area contributed by atoms with E-state index in [4.69, 9.17) is 4.42 Å². The van der Waals surface area contributed by atoms with Crippen molar-refractivity contribution in [2.24, 2.45) is 0 Å². The summed E-state index contributed by atoms with van der Waals surface area (Å²) in [5.74, 6) is 0.758. The molecule has 0 aliphatic rings. The molecule has 3 aromatic rings. The Balaban J connectivity index is 1.83. The molecular weight excluding hydrogens is 262 g/mol. The third-order valence-electron chi connectivity index (χ3n) is 3.44. The van der Waals surface area contributed by atoms with Gasteiger partial charge in [-0.15, -0.1) is 0 Å². The van der Waals surface area contributed by atoms with Crippen LogP contribution in [0, 0.1) is 0 Å². The number of benzene rings is 1. The predicted octanol–water partition coefficient (Wildman–Crippen LogP) is 3.51. The van der Waals surface area contributed by atoms with Gasteiger partial charge < -0.3 is 9.73 Å². The Kier molecular flexibility index (Phi) is 4.26. The molecule has 2 aromatic heterocycles. The maximum Gasteiger partial charge on any atom is 0.197 e. The third-order valence-corrected chi connectivity index (χ3v) is 3.44. The highest BCUT2D eigenvalue weighted by Crippen LogP contribution is 2.21. The number of hydrogen-bond donors (Lipinski definition) is 1. The molecule has 4 nitrogen and oxygen atoms in total. The van der Waals surface area contributed by atoms with Crippen LogP contribution in [0.15, 0.2) is 53.2 Å². The Hall–Kier alpha value is -2.20. The zero-order valence-corrected chi connectivity index (χ0v) is 12.1. The highest BCUT2D eigenvalue weighted by molar-refractivity contribution is 5.72. The molecule has 3 rings (SSSR count). The summed E-state index contributed by atoms with van der Waals surface area (Å²) in [5, 5.41) is 3.54. The van der Waals surface area contributed by atoms with Crippen LogP contribution in [-0.4, -0.2) is 16.5 Å². The third kappa shape index (κ3) is 3.28. The number of fused-ring (bicyclic) bond motifs is 1. The van der Waals surface area contributed by atoms with Crippen molar-refractivity contribution in [1.29, 1.82) is 0 Å². The Bertz CT molecular complexity index is 660. The van der Waals surface area contributed by atoms with Gasteiger partial charge in [-0.1, -0.05) is 25.1 Å². The molecule has 0 radical (unpaired) electrons. The van der Waals surface area contributed by atoms with Crippen molar-refractivity contribution in [1.82, 2.24) is 15.3 Å². The van der Waals surface area contributed by atoms with Gasteiger partial charge in [0.25, 0.3) is 0 Å². The van der Waals surface area contributed by atoms with Crippen LogP contribution in [0.2, 0.25) is 0 Å². The largest absolute Gasteiger partial charge is 0.441 e. The fraction of sp³-hybridized carbons (Fsp3) is 0.294. The molecule has 0 fully saturated rings. The van der Waals surface area contributed by atoms with Crippen molar-refractivity contribution in [3.8, 4) is 0 Å². The second-order valence-corrected chi connectivity index (χ2v) is 5.07. The first kappa shape index (κ1) is 13.8. The summed E-state index contributed by atoms with van der Waals surface area (Å²) in [6.45, 7) is 3.12. The topological polar surface area (TPSA) is 51.0 Å². The van der Waals surface area contributed by atoms with E-state index in [-0.39, 0.29) is 6.04 Å². The van der Waals surface area contributed by atoms with Crippen LogP contribution >= 0.6 is 0 Å². The molecule has 0 bridgehead atoms. The quantitative estimate of drug-likeness (QED) is 0.751. The van der Waals surface area contributed by atoms with Gasteiger partial charge in [0.2, 0.25) is 0 Å². The van der Waals surface area contributed by atoms with Crippen LogP contribution in [0.25, 0.3) is 11.1 Å². The number of hydrogen-bond acceptors (Lipinski definition) is 4. The Morgan fingerprint density at radius 2 is 2.10 bits per heavy atom. The molecule has 0 spiro atoms. The van der Waals surface area contributed by atoms with Crippen molar-refractivity contribution < 1.29 is 4.42 Å². The normalized spacial score (nSPS) is 12.6. The molecule has 0 aliphatic carbocycles. The highest BCUT2D eigenvalue weighted by Gasteiger charge is 2.15. The summed E-state index contributed by atoms with van der Waals surface area (Å²) in [7, 11) is 0. The lowest BCUT2D eigenvalue weighted by atomic mass is 10.1. The maximum atomic E-state index is 5.83. The van der Waals surface area contributed by atoms with Crippen LogP contribution in [-0.2, 0) is 6.42 Å². The van der Waals surface area contributed by atoms with Crippen molar-refractivity contribution in [3.05, 3.63) is 60.2 Å². The minimum atomic E-state index is 0.173. The number of nitrogens with zero attached hydrogens (tertiary/aromatic N) is 2. The van der Waals surface area contributed by atoms with Gasteiger partial charge in [0.1, 0.15) is 5.52 Å². The number of aromatic nitrogens is 2. The van der Waals surface area contributed by atoms with E-state index >= 15 is 0 Å². The number of rotatable bonds is 6. The molecule has 1 aromatic carbocycles. The predicted molar refractivity (Wildman–Crippen MR) is 83.0 cm³/mol. The lowest BCUT2D eigenvalue weighted by molar-refractivity contribution is 0.453. The zero-order valence-electron chi connectivity index (χ0n) is 12.1. The molecule has 0 aliphatic heterocycles. The Morgan fingerprint density at radius 1 is 1.19 bits per heavy atom. The zero-order chi connectivity index (χ0) is 14.5. The van der Waals surface area contributed by atoms with Gasteiger partial charge in [-0.25, -0.2) is 4.98 Å². The van der Waals surface area contributed by atoms with E-state index in [1.54, 1.807) is 6.20 Å². The van der Waals surface area contributed by atoms with Crippen LogP contribution in [0.1, 0.15) is 30.8 Å². The molecule has 1 N–H and O–H groups in total. The maximum absolute atomic E-state index is 5.83. The van der Waals surface area contributed by atoms with Gasteiger partial charge in [0, 0.05) is 24.9 Å². The van der Waals surface area contributed by atoms with Gasteiger partial charge in [-0.3, -0.25) is 4.98 Å². The fourth-order valence-electron chi connectivity index (χ4n) is 2.39. The van der Waals surface area contributed by atoms with E-state index in [1.807, 2.05) is 36.5 Å². The standard InChI is InChI=1S/C17H19N3O/c1-2-9-19-15(13-6-5-10-18-12-13)11-17-20-14-7-3-4-8-16(14)21-17/h3-8,10,12,15,19H,2,9,11H2,1H3. The average Bonchev–Trinajstić information content (AvgIpc) is 2.94. The SMILES string of the molecule is CCCNC(Cc1nc2ccccc2o1)c1cccnc1. The molecular formula is C17H19N3O. The van der Waals surface area contributed by atoms with E-state index in [9.17, 15) is 0 Å². The molecule has 1 atom stereocenters. The van der Waals surface area contributed by atoms with Crippen LogP contribution in [0.5, 0.6) is 0 Å². The van der Waals surface area contributed by atoms with Gasteiger partial charge >= 0.3 is 0 Å². The lowest BCUT2D eigenvalue weighted by Crippen LogP contribution is -2.24. The summed E-state index contributed by atoms with van der Waals surface area (Å²) < 4.78 is 5.83. The first-order chi connectivity index (χ1) is 10.4. The first-order valence-electron chi connectivity index (χ1n) is 7.34. The molecule has 2 heterocycles. The molecule has 0 saturated heterocycles. The second-order valence-electron chi connectivity index (χ2n) is 5.07. The molecule has 0 amide bonds. The van der Waals surface area contributed by atoms with Gasteiger partial charge in [0.05, 0.1) is 0 Å². The van der Waals surface area contributed by atoms with E-state index in [2.05, 4.69) is 28.3 Å².